The van der Waals surface area contributed by atoms with Crippen molar-refractivity contribution in [2.45, 2.75) is 20.8 Å². The van der Waals surface area contributed by atoms with Crippen molar-refractivity contribution >= 4 is 26.8 Å². The van der Waals surface area contributed by atoms with Crippen LogP contribution in [-0.2, 0) is 0 Å². The Morgan fingerprint density at radius 2 is 1.81 bits per heavy atom. The van der Waals surface area contributed by atoms with Crippen LogP contribution in [0.3, 0.4) is 0 Å². The SMILES string of the molecule is Cc1cc2c(C)c(Br)c(=O)n(-c3ccccn3)c2cc1C. The molecule has 0 spiro atoms. The summed E-state index contributed by atoms with van der Waals surface area (Å²) in [7, 11) is 0. The first kappa shape index (κ1) is 14.0. The normalized spacial score (nSPS) is 11.0. The van der Waals surface area contributed by atoms with Gasteiger partial charge in [0, 0.05) is 11.6 Å². The van der Waals surface area contributed by atoms with E-state index >= 15 is 0 Å². The first-order chi connectivity index (χ1) is 10.0. The number of aromatic nitrogens is 2. The number of fused-ring (bicyclic) bond motifs is 1. The second-order valence-corrected chi connectivity index (χ2v) is 6.01. The number of aryl methyl sites for hydroxylation is 3. The van der Waals surface area contributed by atoms with Crippen molar-refractivity contribution < 1.29 is 0 Å². The summed E-state index contributed by atoms with van der Waals surface area (Å²) in [6.07, 6.45) is 1.70. The number of hydrogen-bond acceptors (Lipinski definition) is 2. The molecule has 0 saturated carbocycles. The van der Waals surface area contributed by atoms with E-state index in [0.717, 1.165) is 22.0 Å². The molecule has 0 aliphatic heterocycles. The molecule has 3 aromatic rings. The molecule has 0 saturated heterocycles. The summed E-state index contributed by atoms with van der Waals surface area (Å²) in [6, 6.07) is 9.76. The maximum atomic E-state index is 12.7. The van der Waals surface area contributed by atoms with Crippen molar-refractivity contribution in [2.75, 3.05) is 0 Å². The van der Waals surface area contributed by atoms with Crippen molar-refractivity contribution in [3.05, 3.63) is 68.0 Å². The molecular formula is C17H15BrN2O. The molecule has 0 unspecified atom stereocenters. The van der Waals surface area contributed by atoms with Gasteiger partial charge in [0.25, 0.3) is 5.56 Å². The third kappa shape index (κ3) is 2.20. The Hall–Kier alpha value is -1.94. The molecule has 106 valence electrons. The highest BCUT2D eigenvalue weighted by Crippen LogP contribution is 2.27. The van der Waals surface area contributed by atoms with Gasteiger partial charge in [-0.25, -0.2) is 4.98 Å². The van der Waals surface area contributed by atoms with E-state index in [1.54, 1.807) is 10.8 Å². The Morgan fingerprint density at radius 3 is 2.48 bits per heavy atom. The average molecular weight is 343 g/mol. The third-order valence-electron chi connectivity index (χ3n) is 3.86. The molecule has 2 aromatic heterocycles. The second kappa shape index (κ2) is 5.11. The molecule has 0 aliphatic carbocycles. The molecule has 3 rings (SSSR count). The van der Waals surface area contributed by atoms with Crippen LogP contribution in [0.2, 0.25) is 0 Å². The van der Waals surface area contributed by atoms with Gasteiger partial charge < -0.3 is 0 Å². The molecule has 1 aromatic carbocycles. The Balaban J connectivity index is 2.55. The predicted octanol–water partition coefficient (Wildman–Crippen LogP) is 4.07. The van der Waals surface area contributed by atoms with Crippen LogP contribution in [0, 0.1) is 20.8 Å². The van der Waals surface area contributed by atoms with Crippen molar-refractivity contribution in [2.24, 2.45) is 0 Å². The van der Waals surface area contributed by atoms with Crippen LogP contribution in [0.4, 0.5) is 0 Å². The number of rotatable bonds is 1. The number of hydrogen-bond donors (Lipinski definition) is 0. The van der Waals surface area contributed by atoms with Crippen molar-refractivity contribution in [1.29, 1.82) is 0 Å². The predicted molar refractivity (Wildman–Crippen MR) is 89.3 cm³/mol. The van der Waals surface area contributed by atoms with E-state index in [1.165, 1.54) is 5.56 Å². The summed E-state index contributed by atoms with van der Waals surface area (Å²) in [6.45, 7) is 6.10. The Bertz CT molecular complexity index is 898. The first-order valence-electron chi connectivity index (χ1n) is 6.74. The van der Waals surface area contributed by atoms with Crippen LogP contribution in [0.5, 0.6) is 0 Å². The molecule has 2 heterocycles. The molecule has 0 fully saturated rings. The largest absolute Gasteiger partial charge is 0.271 e. The van der Waals surface area contributed by atoms with Crippen molar-refractivity contribution in [3.8, 4) is 5.82 Å². The summed E-state index contributed by atoms with van der Waals surface area (Å²) in [5.74, 6) is 0.636. The van der Waals surface area contributed by atoms with Gasteiger partial charge in [-0.15, -0.1) is 0 Å². The van der Waals surface area contributed by atoms with Crippen LogP contribution in [0.15, 0.2) is 45.8 Å². The Morgan fingerprint density at radius 1 is 1.10 bits per heavy atom. The second-order valence-electron chi connectivity index (χ2n) is 5.22. The van der Waals surface area contributed by atoms with Gasteiger partial charge in [-0.2, -0.15) is 0 Å². The summed E-state index contributed by atoms with van der Waals surface area (Å²) < 4.78 is 2.25. The fourth-order valence-corrected chi connectivity index (χ4v) is 2.88. The van der Waals surface area contributed by atoms with Crippen LogP contribution in [0.25, 0.3) is 16.7 Å². The maximum absolute atomic E-state index is 12.7. The molecular weight excluding hydrogens is 328 g/mol. The van der Waals surface area contributed by atoms with Gasteiger partial charge in [0.05, 0.1) is 9.99 Å². The Labute approximate surface area is 131 Å². The molecule has 4 heteroatoms. The Kier molecular flexibility index (Phi) is 3.41. The summed E-state index contributed by atoms with van der Waals surface area (Å²) in [5.41, 5.74) is 4.15. The maximum Gasteiger partial charge on any atom is 0.271 e. The third-order valence-corrected chi connectivity index (χ3v) is 4.79. The van der Waals surface area contributed by atoms with E-state index in [2.05, 4.69) is 46.9 Å². The smallest absolute Gasteiger partial charge is 0.268 e. The van der Waals surface area contributed by atoms with Gasteiger partial charge in [-0.1, -0.05) is 6.07 Å². The highest BCUT2D eigenvalue weighted by Gasteiger charge is 2.14. The number of nitrogens with zero attached hydrogens (tertiary/aromatic N) is 2. The zero-order valence-corrected chi connectivity index (χ0v) is 13.7. The fourth-order valence-electron chi connectivity index (χ4n) is 2.49. The molecule has 0 bridgehead atoms. The zero-order chi connectivity index (χ0) is 15.1. The number of halogens is 1. The topological polar surface area (TPSA) is 34.9 Å². The highest BCUT2D eigenvalue weighted by molar-refractivity contribution is 9.10. The molecule has 0 N–H and O–H groups in total. The average Bonchev–Trinajstić information content (AvgIpc) is 2.49. The van der Waals surface area contributed by atoms with Crippen LogP contribution < -0.4 is 5.56 Å². The quantitative estimate of drug-likeness (QED) is 0.668. The fraction of sp³-hybridized carbons (Fsp3) is 0.176. The lowest BCUT2D eigenvalue weighted by Gasteiger charge is -2.15. The molecule has 3 nitrogen and oxygen atoms in total. The van der Waals surface area contributed by atoms with E-state index in [0.29, 0.717) is 10.3 Å². The lowest BCUT2D eigenvalue weighted by Crippen LogP contribution is -2.21. The first-order valence-corrected chi connectivity index (χ1v) is 7.53. The van der Waals surface area contributed by atoms with Gasteiger partial charge in [0.15, 0.2) is 0 Å². The monoisotopic (exact) mass is 342 g/mol. The standard InChI is InChI=1S/C17H15BrN2O/c1-10-8-13-12(3)16(18)17(21)20(14(13)9-11(10)2)15-6-4-5-7-19-15/h4-9H,1-3H3. The molecule has 0 atom stereocenters. The van der Waals surface area contributed by atoms with Crippen molar-refractivity contribution in [1.82, 2.24) is 9.55 Å². The lowest BCUT2D eigenvalue weighted by atomic mass is 10.0. The minimum absolute atomic E-state index is 0.0815. The van der Waals surface area contributed by atoms with E-state index in [4.69, 9.17) is 0 Å². The summed E-state index contributed by atoms with van der Waals surface area (Å²) in [5, 5.41) is 1.07. The van der Waals surface area contributed by atoms with Gasteiger partial charge >= 0.3 is 0 Å². The minimum atomic E-state index is -0.0815. The number of pyridine rings is 2. The van der Waals surface area contributed by atoms with E-state index in [-0.39, 0.29) is 5.56 Å². The van der Waals surface area contributed by atoms with Gasteiger partial charge in [0.2, 0.25) is 0 Å². The highest BCUT2D eigenvalue weighted by atomic mass is 79.9. The summed E-state index contributed by atoms with van der Waals surface area (Å²) in [4.78, 5) is 17.0. The van der Waals surface area contributed by atoms with Crippen LogP contribution >= 0.6 is 15.9 Å². The van der Waals surface area contributed by atoms with Gasteiger partial charge in [-0.3, -0.25) is 9.36 Å². The van der Waals surface area contributed by atoms with E-state index in [9.17, 15) is 4.79 Å². The zero-order valence-electron chi connectivity index (χ0n) is 12.1. The molecule has 0 radical (unpaired) electrons. The summed E-state index contributed by atoms with van der Waals surface area (Å²) >= 11 is 3.43. The van der Waals surface area contributed by atoms with Crippen LogP contribution in [0.1, 0.15) is 16.7 Å². The van der Waals surface area contributed by atoms with E-state index in [1.807, 2.05) is 25.1 Å². The van der Waals surface area contributed by atoms with Crippen LogP contribution in [-0.4, -0.2) is 9.55 Å². The molecule has 0 aliphatic rings. The van der Waals surface area contributed by atoms with Gasteiger partial charge in [0.1, 0.15) is 5.82 Å². The minimum Gasteiger partial charge on any atom is -0.268 e. The van der Waals surface area contributed by atoms with Crippen molar-refractivity contribution in [3.63, 3.8) is 0 Å². The number of benzene rings is 1. The molecule has 21 heavy (non-hydrogen) atoms. The van der Waals surface area contributed by atoms with E-state index < -0.39 is 0 Å². The van der Waals surface area contributed by atoms with Gasteiger partial charge in [-0.05, 0) is 77.7 Å². The lowest BCUT2D eigenvalue weighted by molar-refractivity contribution is 0.970. The molecule has 0 amide bonds.